The van der Waals surface area contributed by atoms with Crippen molar-refractivity contribution in [2.75, 3.05) is 0 Å². The second-order valence-electron chi connectivity index (χ2n) is 3.44. The van der Waals surface area contributed by atoms with Gasteiger partial charge in [-0.3, -0.25) is 0 Å². The van der Waals surface area contributed by atoms with Crippen LogP contribution in [0.1, 0.15) is 12.1 Å². The first-order chi connectivity index (χ1) is 6.34. The second kappa shape index (κ2) is 2.58. The summed E-state index contributed by atoms with van der Waals surface area (Å²) in [7, 11) is 0. The van der Waals surface area contributed by atoms with Crippen LogP contribution in [0.15, 0.2) is 22.8 Å². The molecule has 0 aromatic carbocycles. The Kier molecular flexibility index (Phi) is 1.50. The molecule has 1 aliphatic heterocycles. The monoisotopic (exact) mass is 236 g/mol. The third kappa shape index (κ3) is 1.03. The summed E-state index contributed by atoms with van der Waals surface area (Å²) in [6.07, 6.45) is 2.47. The van der Waals surface area contributed by atoms with E-state index in [1.54, 1.807) is 0 Å². The largest absolute Gasteiger partial charge is 0.330 e. The molecule has 0 radical (unpaired) electrons. The maximum Gasteiger partial charge on any atom is 0.141 e. The van der Waals surface area contributed by atoms with Gasteiger partial charge in [-0.15, -0.1) is 0 Å². The molecule has 0 saturated carbocycles. The van der Waals surface area contributed by atoms with Crippen LogP contribution in [0.2, 0.25) is 0 Å². The molecule has 2 aromatic heterocycles. The highest BCUT2D eigenvalue weighted by Crippen LogP contribution is 2.25. The second-order valence-corrected chi connectivity index (χ2v) is 4.25. The summed E-state index contributed by atoms with van der Waals surface area (Å²) in [5.41, 5.74) is 2.56. The predicted molar refractivity (Wildman–Crippen MR) is 55.8 cm³/mol. The number of hydrogen-bond donors (Lipinski definition) is 0. The van der Waals surface area contributed by atoms with Gasteiger partial charge in [0.1, 0.15) is 10.3 Å². The van der Waals surface area contributed by atoms with Crippen LogP contribution in [0.3, 0.4) is 0 Å². The minimum absolute atomic E-state index is 0.924. The van der Waals surface area contributed by atoms with Crippen molar-refractivity contribution in [1.29, 1.82) is 0 Å². The van der Waals surface area contributed by atoms with Crippen LogP contribution in [0.25, 0.3) is 11.0 Å². The maximum absolute atomic E-state index is 4.49. The van der Waals surface area contributed by atoms with Crippen LogP contribution >= 0.6 is 15.9 Å². The van der Waals surface area contributed by atoms with E-state index in [2.05, 4.69) is 37.6 Å². The number of hydrogen-bond acceptors (Lipinski definition) is 1. The SMILES string of the molecule is Brc1ccc2cc3n(c2n1)CCC3. The first kappa shape index (κ1) is 7.56. The molecular formula is C10H9BrN2. The molecule has 0 saturated heterocycles. The lowest BCUT2D eigenvalue weighted by molar-refractivity contribution is 0.764. The Morgan fingerprint density at radius 1 is 1.38 bits per heavy atom. The first-order valence-corrected chi connectivity index (χ1v) is 5.28. The fourth-order valence-electron chi connectivity index (χ4n) is 2.03. The minimum Gasteiger partial charge on any atom is -0.330 e. The number of halogens is 1. The van der Waals surface area contributed by atoms with Crippen molar-refractivity contribution < 1.29 is 0 Å². The predicted octanol–water partition coefficient (Wildman–Crippen LogP) is 2.75. The number of aromatic nitrogens is 2. The molecule has 2 nitrogen and oxygen atoms in total. The van der Waals surface area contributed by atoms with Crippen molar-refractivity contribution in [2.45, 2.75) is 19.4 Å². The number of nitrogens with zero attached hydrogens (tertiary/aromatic N) is 2. The van der Waals surface area contributed by atoms with Crippen molar-refractivity contribution in [3.05, 3.63) is 28.5 Å². The summed E-state index contributed by atoms with van der Waals surface area (Å²) in [4.78, 5) is 4.49. The highest BCUT2D eigenvalue weighted by Gasteiger charge is 2.14. The van der Waals surface area contributed by atoms with Crippen LogP contribution < -0.4 is 0 Å². The number of aryl methyl sites for hydroxylation is 2. The van der Waals surface area contributed by atoms with E-state index in [9.17, 15) is 0 Å². The van der Waals surface area contributed by atoms with Gasteiger partial charge in [-0.05, 0) is 47.0 Å². The van der Waals surface area contributed by atoms with Gasteiger partial charge in [0.2, 0.25) is 0 Å². The Morgan fingerprint density at radius 2 is 2.31 bits per heavy atom. The van der Waals surface area contributed by atoms with Gasteiger partial charge in [-0.1, -0.05) is 0 Å². The van der Waals surface area contributed by atoms with Gasteiger partial charge in [0, 0.05) is 17.6 Å². The lowest BCUT2D eigenvalue weighted by Crippen LogP contribution is -1.93. The van der Waals surface area contributed by atoms with Crippen molar-refractivity contribution in [3.63, 3.8) is 0 Å². The van der Waals surface area contributed by atoms with E-state index in [4.69, 9.17) is 0 Å². The normalized spacial score (nSPS) is 15.2. The Morgan fingerprint density at radius 3 is 3.23 bits per heavy atom. The third-order valence-electron chi connectivity index (χ3n) is 2.61. The van der Waals surface area contributed by atoms with Crippen LogP contribution in [0.4, 0.5) is 0 Å². The molecule has 3 heteroatoms. The Balaban J connectivity index is 2.40. The summed E-state index contributed by atoms with van der Waals surface area (Å²) in [5.74, 6) is 0. The standard InChI is InChI=1S/C10H9BrN2/c11-9-4-3-7-6-8-2-1-5-13(8)10(7)12-9/h3-4,6H,1-2,5H2. The maximum atomic E-state index is 4.49. The quantitative estimate of drug-likeness (QED) is 0.644. The molecule has 3 heterocycles. The molecule has 3 rings (SSSR count). The molecule has 0 amide bonds. The average molecular weight is 237 g/mol. The zero-order valence-corrected chi connectivity index (χ0v) is 8.71. The third-order valence-corrected chi connectivity index (χ3v) is 3.05. The van der Waals surface area contributed by atoms with E-state index in [1.165, 1.54) is 23.9 Å². The smallest absolute Gasteiger partial charge is 0.141 e. The topological polar surface area (TPSA) is 17.8 Å². The van der Waals surface area contributed by atoms with E-state index in [0.717, 1.165) is 16.8 Å². The molecule has 66 valence electrons. The van der Waals surface area contributed by atoms with Crippen molar-refractivity contribution >= 4 is 27.0 Å². The fraction of sp³-hybridized carbons (Fsp3) is 0.300. The zero-order chi connectivity index (χ0) is 8.84. The lowest BCUT2D eigenvalue weighted by Gasteiger charge is -1.98. The van der Waals surface area contributed by atoms with Gasteiger partial charge in [0.25, 0.3) is 0 Å². The summed E-state index contributed by atoms with van der Waals surface area (Å²) >= 11 is 3.40. The van der Waals surface area contributed by atoms with Gasteiger partial charge >= 0.3 is 0 Å². The van der Waals surface area contributed by atoms with Crippen molar-refractivity contribution in [3.8, 4) is 0 Å². The Bertz CT molecular complexity index is 473. The van der Waals surface area contributed by atoms with Crippen LogP contribution in [-0.4, -0.2) is 9.55 Å². The van der Waals surface area contributed by atoms with Gasteiger partial charge in [-0.25, -0.2) is 4.98 Å². The summed E-state index contributed by atoms with van der Waals surface area (Å²) in [6.45, 7) is 1.13. The molecule has 0 aliphatic carbocycles. The molecule has 0 unspecified atom stereocenters. The molecule has 0 N–H and O–H groups in total. The Hall–Kier alpha value is -0.830. The average Bonchev–Trinajstić information content (AvgIpc) is 2.64. The molecule has 0 fully saturated rings. The van der Waals surface area contributed by atoms with Gasteiger partial charge < -0.3 is 4.57 Å². The molecule has 2 aromatic rings. The van der Waals surface area contributed by atoms with Gasteiger partial charge in [-0.2, -0.15) is 0 Å². The summed E-state index contributed by atoms with van der Waals surface area (Å²) < 4.78 is 3.24. The lowest BCUT2D eigenvalue weighted by atomic mass is 10.2. The van der Waals surface area contributed by atoms with E-state index >= 15 is 0 Å². The highest BCUT2D eigenvalue weighted by atomic mass is 79.9. The van der Waals surface area contributed by atoms with Crippen molar-refractivity contribution in [2.24, 2.45) is 0 Å². The fourth-order valence-corrected chi connectivity index (χ4v) is 2.33. The van der Waals surface area contributed by atoms with Crippen LogP contribution in [-0.2, 0) is 13.0 Å². The van der Waals surface area contributed by atoms with E-state index in [0.29, 0.717) is 0 Å². The van der Waals surface area contributed by atoms with Crippen LogP contribution in [0, 0.1) is 0 Å². The highest BCUT2D eigenvalue weighted by molar-refractivity contribution is 9.10. The van der Waals surface area contributed by atoms with Crippen molar-refractivity contribution in [1.82, 2.24) is 9.55 Å². The van der Waals surface area contributed by atoms with E-state index in [-0.39, 0.29) is 0 Å². The molecular weight excluding hydrogens is 228 g/mol. The molecule has 0 bridgehead atoms. The first-order valence-electron chi connectivity index (χ1n) is 4.49. The minimum atomic E-state index is 0.924. The molecule has 13 heavy (non-hydrogen) atoms. The number of fused-ring (bicyclic) bond motifs is 3. The number of rotatable bonds is 0. The zero-order valence-electron chi connectivity index (χ0n) is 7.13. The van der Waals surface area contributed by atoms with Crippen LogP contribution in [0.5, 0.6) is 0 Å². The Labute approximate surface area is 84.7 Å². The molecule has 1 aliphatic rings. The summed E-state index contributed by atoms with van der Waals surface area (Å²) in [5, 5.41) is 1.26. The van der Waals surface area contributed by atoms with E-state index < -0.39 is 0 Å². The molecule has 0 spiro atoms. The van der Waals surface area contributed by atoms with Gasteiger partial charge in [0.15, 0.2) is 0 Å². The number of pyridine rings is 1. The van der Waals surface area contributed by atoms with Gasteiger partial charge in [0.05, 0.1) is 0 Å². The summed E-state index contributed by atoms with van der Waals surface area (Å²) in [6, 6.07) is 6.37. The molecule has 0 atom stereocenters. The van der Waals surface area contributed by atoms with E-state index in [1.807, 2.05) is 6.07 Å².